The Labute approximate surface area is 197 Å². The summed E-state index contributed by atoms with van der Waals surface area (Å²) in [5.41, 5.74) is 3.44. The van der Waals surface area contributed by atoms with Gasteiger partial charge in [0.2, 0.25) is 0 Å². The Morgan fingerprint density at radius 2 is 1.65 bits per heavy atom. The summed E-state index contributed by atoms with van der Waals surface area (Å²) >= 11 is 0. The van der Waals surface area contributed by atoms with E-state index in [0.717, 1.165) is 34.4 Å². The molecule has 180 valence electrons. The second kappa shape index (κ2) is 8.73. The first-order chi connectivity index (χ1) is 15.9. The van der Waals surface area contributed by atoms with Crippen molar-refractivity contribution in [3.63, 3.8) is 0 Å². The molecule has 1 heterocycles. The maximum absolute atomic E-state index is 13.7. The van der Waals surface area contributed by atoms with Crippen LogP contribution in [-0.2, 0) is 12.6 Å². The minimum atomic E-state index is -4.40. The zero-order valence-electron chi connectivity index (χ0n) is 19.6. The van der Waals surface area contributed by atoms with Crippen LogP contribution in [0.4, 0.5) is 17.6 Å². The van der Waals surface area contributed by atoms with Gasteiger partial charge >= 0.3 is 6.18 Å². The van der Waals surface area contributed by atoms with Crippen LogP contribution in [0.25, 0.3) is 11.1 Å². The lowest BCUT2D eigenvalue weighted by molar-refractivity contribution is -0.137. The summed E-state index contributed by atoms with van der Waals surface area (Å²) in [5.74, 6) is 0.294. The maximum Gasteiger partial charge on any atom is 0.416 e. The number of aliphatic hydroxyl groups excluding tert-OH is 1. The van der Waals surface area contributed by atoms with Crippen LogP contribution in [0.1, 0.15) is 74.0 Å². The molecule has 3 aromatic rings. The van der Waals surface area contributed by atoms with Crippen LogP contribution in [0.3, 0.4) is 0 Å². The number of benzene rings is 3. The maximum atomic E-state index is 13.7. The first-order valence-electron chi connectivity index (χ1n) is 11.3. The number of alkyl halides is 3. The molecule has 1 aliphatic rings. The van der Waals surface area contributed by atoms with Crippen molar-refractivity contribution in [1.82, 2.24) is 0 Å². The normalized spacial score (nSPS) is 17.4. The standard InChI is InChI=1S/C28H28F4O2/c1-16(2)21-14-24-26(23(33)15-27(3,4)34-24)25(18-7-11-20(29)12-8-18)22(21)13-17-5-9-19(10-6-17)28(30,31)32/h5-12,14,16,23,33H,13,15H2,1-4H3/t23-/m0/s1. The third-order valence-corrected chi connectivity index (χ3v) is 6.29. The zero-order chi connectivity index (χ0) is 24.8. The van der Waals surface area contributed by atoms with Gasteiger partial charge in [-0.15, -0.1) is 0 Å². The van der Waals surface area contributed by atoms with Crippen LogP contribution < -0.4 is 4.74 Å². The first-order valence-corrected chi connectivity index (χ1v) is 11.3. The second-order valence-corrected chi connectivity index (χ2v) is 9.85. The molecule has 4 rings (SSSR count). The van der Waals surface area contributed by atoms with Crippen LogP contribution in [0, 0.1) is 5.82 Å². The van der Waals surface area contributed by atoms with E-state index in [-0.39, 0.29) is 11.7 Å². The van der Waals surface area contributed by atoms with Crippen molar-refractivity contribution in [2.75, 3.05) is 0 Å². The average molecular weight is 473 g/mol. The smallest absolute Gasteiger partial charge is 0.416 e. The number of fused-ring (bicyclic) bond motifs is 1. The minimum Gasteiger partial charge on any atom is -0.487 e. The molecule has 0 unspecified atom stereocenters. The van der Waals surface area contributed by atoms with Crippen molar-refractivity contribution in [3.05, 3.63) is 88.2 Å². The largest absolute Gasteiger partial charge is 0.487 e. The van der Waals surface area contributed by atoms with Gasteiger partial charge in [0.1, 0.15) is 17.2 Å². The summed E-state index contributed by atoms with van der Waals surface area (Å²) in [4.78, 5) is 0. The Hall–Kier alpha value is -2.86. The van der Waals surface area contributed by atoms with Crippen LogP contribution in [0.15, 0.2) is 54.6 Å². The highest BCUT2D eigenvalue weighted by atomic mass is 19.4. The molecule has 0 fully saturated rings. The van der Waals surface area contributed by atoms with Crippen molar-refractivity contribution in [2.45, 2.75) is 64.3 Å². The van der Waals surface area contributed by atoms with E-state index < -0.39 is 23.4 Å². The summed E-state index contributed by atoms with van der Waals surface area (Å²) < 4.78 is 59.2. The van der Waals surface area contributed by atoms with E-state index in [2.05, 4.69) is 0 Å². The topological polar surface area (TPSA) is 29.5 Å². The number of hydrogen-bond acceptors (Lipinski definition) is 2. The number of hydrogen-bond donors (Lipinski definition) is 1. The zero-order valence-corrected chi connectivity index (χ0v) is 19.6. The van der Waals surface area contributed by atoms with Crippen LogP contribution >= 0.6 is 0 Å². The van der Waals surface area contributed by atoms with Gasteiger partial charge in [-0.1, -0.05) is 38.1 Å². The summed E-state index contributed by atoms with van der Waals surface area (Å²) in [5, 5.41) is 11.2. The summed E-state index contributed by atoms with van der Waals surface area (Å²) in [6, 6.07) is 13.1. The van der Waals surface area contributed by atoms with Gasteiger partial charge in [-0.3, -0.25) is 0 Å². The lowest BCUT2D eigenvalue weighted by atomic mass is 9.79. The molecule has 6 heteroatoms. The molecular formula is C28H28F4O2. The third-order valence-electron chi connectivity index (χ3n) is 6.29. The molecule has 0 aromatic heterocycles. The average Bonchev–Trinajstić information content (AvgIpc) is 2.73. The molecule has 2 nitrogen and oxygen atoms in total. The number of rotatable bonds is 4. The van der Waals surface area contributed by atoms with E-state index in [0.29, 0.717) is 29.7 Å². The molecular weight excluding hydrogens is 444 g/mol. The van der Waals surface area contributed by atoms with Gasteiger partial charge in [0, 0.05) is 12.0 Å². The lowest BCUT2D eigenvalue weighted by Gasteiger charge is -2.38. The van der Waals surface area contributed by atoms with E-state index in [1.165, 1.54) is 24.3 Å². The Bertz CT molecular complexity index is 1180. The van der Waals surface area contributed by atoms with Gasteiger partial charge < -0.3 is 9.84 Å². The Kier molecular flexibility index (Phi) is 6.23. The molecule has 3 aromatic carbocycles. The van der Waals surface area contributed by atoms with Crippen molar-refractivity contribution in [2.24, 2.45) is 0 Å². The molecule has 0 spiro atoms. The molecule has 34 heavy (non-hydrogen) atoms. The molecule has 1 N–H and O–H groups in total. The van der Waals surface area contributed by atoms with Crippen molar-refractivity contribution in [3.8, 4) is 16.9 Å². The molecule has 1 atom stereocenters. The highest BCUT2D eigenvalue weighted by molar-refractivity contribution is 5.77. The van der Waals surface area contributed by atoms with Gasteiger partial charge in [0.25, 0.3) is 0 Å². The van der Waals surface area contributed by atoms with E-state index in [1.54, 1.807) is 12.1 Å². The van der Waals surface area contributed by atoms with Crippen LogP contribution in [-0.4, -0.2) is 10.7 Å². The Morgan fingerprint density at radius 3 is 2.21 bits per heavy atom. The van der Waals surface area contributed by atoms with E-state index in [9.17, 15) is 22.7 Å². The number of ether oxygens (including phenoxy) is 1. The van der Waals surface area contributed by atoms with Gasteiger partial charge in [0.05, 0.1) is 11.7 Å². The summed E-state index contributed by atoms with van der Waals surface area (Å²) in [6.45, 7) is 7.91. The van der Waals surface area contributed by atoms with Gasteiger partial charge in [-0.25, -0.2) is 4.39 Å². The van der Waals surface area contributed by atoms with Crippen molar-refractivity contribution < 1.29 is 27.4 Å². The fourth-order valence-corrected chi connectivity index (χ4v) is 4.73. The molecule has 0 amide bonds. The molecule has 1 aliphatic heterocycles. The van der Waals surface area contributed by atoms with Crippen LogP contribution in [0.2, 0.25) is 0 Å². The highest BCUT2D eigenvalue weighted by Gasteiger charge is 2.37. The molecule has 0 aliphatic carbocycles. The first kappa shape index (κ1) is 24.3. The fourth-order valence-electron chi connectivity index (χ4n) is 4.73. The molecule has 0 bridgehead atoms. The quantitative estimate of drug-likeness (QED) is 0.392. The predicted octanol–water partition coefficient (Wildman–Crippen LogP) is 7.82. The molecule has 0 radical (unpaired) electrons. The van der Waals surface area contributed by atoms with Gasteiger partial charge in [0.15, 0.2) is 0 Å². The molecule has 0 saturated carbocycles. The SMILES string of the molecule is CC(C)c1cc2c(c(-c3ccc(F)cc3)c1Cc1ccc(C(F)(F)F)cc1)[C@@H](O)CC(C)(C)O2. The summed E-state index contributed by atoms with van der Waals surface area (Å²) in [6.07, 6.45) is -4.45. The monoisotopic (exact) mass is 472 g/mol. The number of aliphatic hydroxyl groups is 1. The minimum absolute atomic E-state index is 0.0831. The van der Waals surface area contributed by atoms with E-state index >= 15 is 0 Å². The Balaban J connectivity index is 1.94. The third kappa shape index (κ3) is 4.83. The van der Waals surface area contributed by atoms with Gasteiger partial charge in [-0.2, -0.15) is 13.2 Å². The fraction of sp³-hybridized carbons (Fsp3) is 0.357. The summed E-state index contributed by atoms with van der Waals surface area (Å²) in [7, 11) is 0. The van der Waals surface area contributed by atoms with E-state index in [1.807, 2.05) is 33.8 Å². The van der Waals surface area contributed by atoms with Crippen molar-refractivity contribution in [1.29, 1.82) is 0 Å². The number of halogens is 4. The van der Waals surface area contributed by atoms with Crippen LogP contribution in [0.5, 0.6) is 5.75 Å². The van der Waals surface area contributed by atoms with E-state index in [4.69, 9.17) is 4.74 Å². The van der Waals surface area contributed by atoms with Crippen molar-refractivity contribution >= 4 is 0 Å². The highest BCUT2D eigenvalue weighted by Crippen LogP contribution is 2.48. The lowest BCUT2D eigenvalue weighted by Crippen LogP contribution is -2.35. The predicted molar refractivity (Wildman–Crippen MR) is 124 cm³/mol. The van der Waals surface area contributed by atoms with Gasteiger partial charge in [-0.05, 0) is 84.3 Å². The Morgan fingerprint density at radius 1 is 1.03 bits per heavy atom. The second-order valence-electron chi connectivity index (χ2n) is 9.85. The molecule has 0 saturated heterocycles.